The largest absolute Gasteiger partial charge is 0.465 e. The Labute approximate surface area is 205 Å². The molecular weight excluding hydrogens is 476 g/mol. The van der Waals surface area contributed by atoms with E-state index in [1.807, 2.05) is 46.9 Å². The predicted molar refractivity (Wildman–Crippen MR) is 133 cm³/mol. The van der Waals surface area contributed by atoms with Gasteiger partial charge in [-0.2, -0.15) is 0 Å². The normalized spacial score (nSPS) is 12.7. The molecule has 7 nitrogen and oxygen atoms in total. The van der Waals surface area contributed by atoms with Crippen LogP contribution >= 0.6 is 11.6 Å². The molecule has 34 heavy (non-hydrogen) atoms. The predicted octanol–water partition coefficient (Wildman–Crippen LogP) is 4.60. The van der Waals surface area contributed by atoms with Crippen molar-refractivity contribution in [3.8, 4) is 0 Å². The SMILES string of the molecule is Cc1cc(Cl)c2cc(C(=O)NC(C)c3ccc(S(=O)(=O)CC(=O)OCC(C)C)cc3)n(C)c2c1. The second-order valence-corrected chi connectivity index (χ2v) is 11.3. The van der Waals surface area contributed by atoms with Crippen LogP contribution in [0.1, 0.15) is 48.4 Å². The second-order valence-electron chi connectivity index (χ2n) is 8.87. The third-order valence-electron chi connectivity index (χ3n) is 5.46. The number of carbonyl (C=O) groups excluding carboxylic acids is 2. The van der Waals surface area contributed by atoms with Crippen molar-refractivity contribution in [3.05, 3.63) is 64.3 Å². The molecule has 0 saturated carbocycles. The van der Waals surface area contributed by atoms with Gasteiger partial charge in [0.2, 0.25) is 0 Å². The third-order valence-corrected chi connectivity index (χ3v) is 7.38. The van der Waals surface area contributed by atoms with Crippen LogP contribution in [0.3, 0.4) is 0 Å². The Morgan fingerprint density at radius 2 is 1.74 bits per heavy atom. The summed E-state index contributed by atoms with van der Waals surface area (Å²) in [6, 6.07) is 11.3. The molecule has 1 heterocycles. The van der Waals surface area contributed by atoms with Crippen molar-refractivity contribution in [2.45, 2.75) is 38.6 Å². The van der Waals surface area contributed by atoms with E-state index in [1.165, 1.54) is 12.1 Å². The molecule has 0 saturated heterocycles. The van der Waals surface area contributed by atoms with Crippen molar-refractivity contribution in [2.24, 2.45) is 13.0 Å². The van der Waals surface area contributed by atoms with E-state index in [9.17, 15) is 18.0 Å². The van der Waals surface area contributed by atoms with Crippen LogP contribution in [0.4, 0.5) is 0 Å². The van der Waals surface area contributed by atoms with Crippen LogP contribution in [0.25, 0.3) is 10.9 Å². The van der Waals surface area contributed by atoms with Gasteiger partial charge < -0.3 is 14.6 Å². The van der Waals surface area contributed by atoms with Gasteiger partial charge in [0.1, 0.15) is 5.69 Å². The maximum absolute atomic E-state index is 12.9. The Bertz CT molecular complexity index is 1330. The number of nitrogens with one attached hydrogen (secondary N) is 1. The highest BCUT2D eigenvalue weighted by Gasteiger charge is 2.22. The lowest BCUT2D eigenvalue weighted by Gasteiger charge is -2.15. The quantitative estimate of drug-likeness (QED) is 0.452. The molecule has 0 radical (unpaired) electrons. The summed E-state index contributed by atoms with van der Waals surface area (Å²) in [4.78, 5) is 24.8. The van der Waals surface area contributed by atoms with E-state index >= 15 is 0 Å². The number of aryl methyl sites for hydroxylation is 2. The molecule has 1 unspecified atom stereocenters. The number of amides is 1. The van der Waals surface area contributed by atoms with E-state index in [0.717, 1.165) is 22.0 Å². The Morgan fingerprint density at radius 3 is 2.35 bits per heavy atom. The fourth-order valence-electron chi connectivity index (χ4n) is 3.59. The maximum atomic E-state index is 12.9. The number of benzene rings is 2. The molecular formula is C25H29ClN2O5S. The molecule has 0 fully saturated rings. The van der Waals surface area contributed by atoms with Crippen molar-refractivity contribution in [1.29, 1.82) is 0 Å². The minimum Gasteiger partial charge on any atom is -0.465 e. The zero-order valence-electron chi connectivity index (χ0n) is 19.9. The van der Waals surface area contributed by atoms with E-state index in [1.54, 1.807) is 22.8 Å². The summed E-state index contributed by atoms with van der Waals surface area (Å²) in [7, 11) is -2.01. The summed E-state index contributed by atoms with van der Waals surface area (Å²) in [6.07, 6.45) is 0. The topological polar surface area (TPSA) is 94.5 Å². The molecule has 0 aliphatic carbocycles. The highest BCUT2D eigenvalue weighted by atomic mass is 35.5. The average Bonchev–Trinajstić information content (AvgIpc) is 3.09. The lowest BCUT2D eigenvalue weighted by molar-refractivity contribution is -0.141. The van der Waals surface area contributed by atoms with Gasteiger partial charge in [0, 0.05) is 12.4 Å². The van der Waals surface area contributed by atoms with Crippen molar-refractivity contribution >= 4 is 44.2 Å². The first-order valence-electron chi connectivity index (χ1n) is 10.9. The average molecular weight is 505 g/mol. The van der Waals surface area contributed by atoms with Crippen LogP contribution < -0.4 is 5.32 Å². The van der Waals surface area contributed by atoms with Crippen LogP contribution in [0, 0.1) is 12.8 Å². The summed E-state index contributed by atoms with van der Waals surface area (Å²) in [5.41, 5.74) is 3.06. The van der Waals surface area contributed by atoms with Gasteiger partial charge >= 0.3 is 5.97 Å². The van der Waals surface area contributed by atoms with Crippen molar-refractivity contribution in [2.75, 3.05) is 12.4 Å². The second kappa shape index (κ2) is 10.2. The van der Waals surface area contributed by atoms with Crippen molar-refractivity contribution < 1.29 is 22.7 Å². The molecule has 1 atom stereocenters. The first-order chi connectivity index (χ1) is 15.9. The lowest BCUT2D eigenvalue weighted by atomic mass is 10.1. The molecule has 9 heteroatoms. The number of hydrogen-bond donors (Lipinski definition) is 1. The van der Waals surface area contributed by atoms with Gasteiger partial charge in [-0.1, -0.05) is 37.6 Å². The van der Waals surface area contributed by atoms with Crippen LogP contribution in [0.2, 0.25) is 5.02 Å². The summed E-state index contributed by atoms with van der Waals surface area (Å²) < 4.78 is 31.8. The number of esters is 1. The van der Waals surface area contributed by atoms with Gasteiger partial charge in [-0.25, -0.2) is 8.42 Å². The minimum absolute atomic E-state index is 0.0231. The fraction of sp³-hybridized carbons (Fsp3) is 0.360. The number of fused-ring (bicyclic) bond motifs is 1. The first kappa shape index (κ1) is 25.8. The standard InChI is InChI=1S/C25H29ClN2O5S/c1-15(2)13-33-24(29)14-34(31,32)19-8-6-18(7-9-19)17(4)27-25(30)23-12-20-21(26)10-16(3)11-22(20)28(23)5/h6-12,15,17H,13-14H2,1-5H3,(H,27,30). The van der Waals surface area contributed by atoms with E-state index in [2.05, 4.69) is 5.32 Å². The van der Waals surface area contributed by atoms with E-state index in [-0.39, 0.29) is 29.4 Å². The summed E-state index contributed by atoms with van der Waals surface area (Å²) in [5.74, 6) is -1.64. The van der Waals surface area contributed by atoms with Crippen LogP contribution in [-0.2, 0) is 26.4 Å². The summed E-state index contributed by atoms with van der Waals surface area (Å²) >= 11 is 6.35. The highest BCUT2D eigenvalue weighted by molar-refractivity contribution is 7.92. The smallest absolute Gasteiger partial charge is 0.321 e. The summed E-state index contributed by atoms with van der Waals surface area (Å²) in [6.45, 7) is 7.67. The Morgan fingerprint density at radius 1 is 1.09 bits per heavy atom. The number of ether oxygens (including phenoxy) is 1. The molecule has 2 aromatic carbocycles. The maximum Gasteiger partial charge on any atom is 0.321 e. The molecule has 1 amide bonds. The molecule has 0 spiro atoms. The van der Waals surface area contributed by atoms with Crippen molar-refractivity contribution in [3.63, 3.8) is 0 Å². The Hall–Kier alpha value is -2.84. The monoisotopic (exact) mass is 504 g/mol. The van der Waals surface area contributed by atoms with Gasteiger partial charge in [-0.15, -0.1) is 0 Å². The Kier molecular flexibility index (Phi) is 7.73. The minimum atomic E-state index is -3.82. The van der Waals surface area contributed by atoms with Gasteiger partial charge in [0.15, 0.2) is 15.6 Å². The molecule has 1 aromatic heterocycles. The van der Waals surface area contributed by atoms with Crippen LogP contribution in [0.5, 0.6) is 0 Å². The molecule has 1 N–H and O–H groups in total. The highest BCUT2D eigenvalue weighted by Crippen LogP contribution is 2.28. The Balaban J connectivity index is 1.71. The third kappa shape index (κ3) is 5.80. The van der Waals surface area contributed by atoms with Gasteiger partial charge in [0.25, 0.3) is 5.91 Å². The fourth-order valence-corrected chi connectivity index (χ4v) is 5.03. The zero-order valence-corrected chi connectivity index (χ0v) is 21.5. The molecule has 0 aliphatic heterocycles. The number of hydrogen-bond acceptors (Lipinski definition) is 5. The molecule has 3 aromatic rings. The number of carbonyl (C=O) groups is 2. The number of nitrogens with zero attached hydrogens (tertiary/aromatic N) is 1. The summed E-state index contributed by atoms with van der Waals surface area (Å²) in [5, 5.41) is 4.33. The van der Waals surface area contributed by atoms with Gasteiger partial charge in [-0.3, -0.25) is 9.59 Å². The van der Waals surface area contributed by atoms with E-state index in [4.69, 9.17) is 16.3 Å². The molecule has 3 rings (SSSR count). The molecule has 0 aliphatic rings. The van der Waals surface area contributed by atoms with E-state index in [0.29, 0.717) is 10.7 Å². The molecule has 0 bridgehead atoms. The van der Waals surface area contributed by atoms with Crippen LogP contribution in [0.15, 0.2) is 47.4 Å². The first-order valence-corrected chi connectivity index (χ1v) is 13.0. The van der Waals surface area contributed by atoms with Gasteiger partial charge in [0.05, 0.1) is 28.1 Å². The zero-order chi connectivity index (χ0) is 25.2. The number of sulfone groups is 1. The number of aromatic nitrogens is 1. The van der Waals surface area contributed by atoms with Crippen LogP contribution in [-0.4, -0.2) is 37.2 Å². The van der Waals surface area contributed by atoms with E-state index < -0.39 is 21.6 Å². The van der Waals surface area contributed by atoms with Crippen molar-refractivity contribution in [1.82, 2.24) is 9.88 Å². The number of rotatable bonds is 8. The lowest BCUT2D eigenvalue weighted by Crippen LogP contribution is -2.28. The number of halogens is 1. The van der Waals surface area contributed by atoms with Gasteiger partial charge in [-0.05, 0) is 61.2 Å². The molecule has 182 valence electrons.